The Morgan fingerprint density at radius 1 is 1.26 bits per heavy atom. The molecule has 5 nitrogen and oxygen atoms in total. The van der Waals surface area contributed by atoms with E-state index in [1.807, 2.05) is 12.1 Å². The van der Waals surface area contributed by atoms with Crippen LogP contribution in [0.2, 0.25) is 0 Å². The summed E-state index contributed by atoms with van der Waals surface area (Å²) >= 11 is 0. The highest BCUT2D eigenvalue weighted by molar-refractivity contribution is 5.85. The zero-order valence-corrected chi connectivity index (χ0v) is 17.4. The summed E-state index contributed by atoms with van der Waals surface area (Å²) in [7, 11) is 0. The van der Waals surface area contributed by atoms with Crippen LogP contribution in [0, 0.1) is 12.7 Å². The van der Waals surface area contributed by atoms with Crippen LogP contribution in [0.25, 0.3) is 0 Å². The Balaban J connectivity index is 0.00000182. The molecule has 1 aromatic heterocycles. The Morgan fingerprint density at radius 2 is 2.04 bits per heavy atom. The average Bonchev–Trinajstić information content (AvgIpc) is 2.58. The standard InChI is InChI=1S/C19H26FN5.2ClH/c1-3-5-15-11-18(25-9-4-6-14(21)12-25)24-19(22-15)23-16-8-7-13(2)17(20)10-16;;/h7-8,10-11,14H,3-6,9,12,21H2,1-2H3,(H,22,23,24);2*1H. The van der Waals surface area contributed by atoms with Gasteiger partial charge in [-0.15, -0.1) is 24.8 Å². The molecule has 0 saturated carbocycles. The van der Waals surface area contributed by atoms with Gasteiger partial charge in [0.25, 0.3) is 0 Å². The third-order valence-corrected chi connectivity index (χ3v) is 4.48. The van der Waals surface area contributed by atoms with Crippen molar-refractivity contribution in [2.45, 2.75) is 45.6 Å². The number of nitrogens with two attached hydrogens (primary N) is 1. The Labute approximate surface area is 172 Å². The monoisotopic (exact) mass is 415 g/mol. The Hall–Kier alpha value is -1.63. The lowest BCUT2D eigenvalue weighted by molar-refractivity contribution is 0.503. The molecule has 0 bridgehead atoms. The number of aryl methyl sites for hydroxylation is 2. The van der Waals surface area contributed by atoms with E-state index in [4.69, 9.17) is 5.73 Å². The van der Waals surface area contributed by atoms with Crippen LogP contribution in [0.3, 0.4) is 0 Å². The first kappa shape index (κ1) is 23.4. The molecule has 150 valence electrons. The van der Waals surface area contributed by atoms with Crippen molar-refractivity contribution in [1.29, 1.82) is 0 Å². The number of benzene rings is 1. The fourth-order valence-corrected chi connectivity index (χ4v) is 3.10. The van der Waals surface area contributed by atoms with Crippen molar-refractivity contribution in [1.82, 2.24) is 9.97 Å². The van der Waals surface area contributed by atoms with E-state index in [2.05, 4.69) is 27.1 Å². The molecule has 0 aliphatic carbocycles. The Bertz CT molecular complexity index is 744. The van der Waals surface area contributed by atoms with Crippen molar-refractivity contribution >= 4 is 42.3 Å². The number of anilines is 3. The van der Waals surface area contributed by atoms with E-state index in [0.29, 0.717) is 17.2 Å². The van der Waals surface area contributed by atoms with Gasteiger partial charge in [-0.1, -0.05) is 19.4 Å². The van der Waals surface area contributed by atoms with Crippen LogP contribution in [0.1, 0.15) is 37.4 Å². The fourth-order valence-electron chi connectivity index (χ4n) is 3.10. The topological polar surface area (TPSA) is 67.1 Å². The van der Waals surface area contributed by atoms with Gasteiger partial charge < -0.3 is 16.0 Å². The minimum atomic E-state index is -0.239. The highest BCUT2D eigenvalue weighted by Crippen LogP contribution is 2.23. The van der Waals surface area contributed by atoms with E-state index in [9.17, 15) is 4.39 Å². The van der Waals surface area contributed by atoms with Gasteiger partial charge >= 0.3 is 0 Å². The quantitative estimate of drug-likeness (QED) is 0.757. The maximum atomic E-state index is 13.8. The molecule has 1 aliphatic rings. The molecule has 1 fully saturated rings. The molecular weight excluding hydrogens is 388 g/mol. The molecule has 0 radical (unpaired) electrons. The highest BCUT2D eigenvalue weighted by atomic mass is 35.5. The van der Waals surface area contributed by atoms with E-state index in [1.165, 1.54) is 6.07 Å². The van der Waals surface area contributed by atoms with Gasteiger partial charge in [0.05, 0.1) is 0 Å². The molecule has 2 heterocycles. The first-order valence-electron chi connectivity index (χ1n) is 8.97. The molecule has 3 rings (SSSR count). The smallest absolute Gasteiger partial charge is 0.229 e. The number of rotatable bonds is 5. The van der Waals surface area contributed by atoms with Gasteiger partial charge in [-0.05, 0) is 43.9 Å². The number of nitrogens with one attached hydrogen (secondary N) is 1. The highest BCUT2D eigenvalue weighted by Gasteiger charge is 2.19. The van der Waals surface area contributed by atoms with Crippen LogP contribution >= 0.6 is 24.8 Å². The largest absolute Gasteiger partial charge is 0.355 e. The summed E-state index contributed by atoms with van der Waals surface area (Å²) in [5.74, 6) is 1.16. The maximum absolute atomic E-state index is 13.8. The Morgan fingerprint density at radius 3 is 2.70 bits per heavy atom. The van der Waals surface area contributed by atoms with Gasteiger partial charge in [0.1, 0.15) is 11.6 Å². The second-order valence-corrected chi connectivity index (χ2v) is 6.73. The Kier molecular flexibility index (Phi) is 9.22. The summed E-state index contributed by atoms with van der Waals surface area (Å²) in [6.45, 7) is 5.63. The number of piperidine rings is 1. The molecule has 1 saturated heterocycles. The summed E-state index contributed by atoms with van der Waals surface area (Å²) in [4.78, 5) is 11.4. The summed E-state index contributed by atoms with van der Waals surface area (Å²) in [5.41, 5.74) is 8.37. The predicted molar refractivity (Wildman–Crippen MR) is 114 cm³/mol. The lowest BCUT2D eigenvalue weighted by atomic mass is 10.1. The van der Waals surface area contributed by atoms with Crippen molar-refractivity contribution < 1.29 is 4.39 Å². The summed E-state index contributed by atoms with van der Waals surface area (Å²) in [6, 6.07) is 7.29. The van der Waals surface area contributed by atoms with E-state index >= 15 is 0 Å². The van der Waals surface area contributed by atoms with Gasteiger partial charge in [-0.3, -0.25) is 0 Å². The van der Waals surface area contributed by atoms with Gasteiger partial charge in [0.2, 0.25) is 5.95 Å². The van der Waals surface area contributed by atoms with E-state index in [0.717, 1.165) is 50.3 Å². The van der Waals surface area contributed by atoms with Crippen LogP contribution in [0.15, 0.2) is 24.3 Å². The lowest BCUT2D eigenvalue weighted by Gasteiger charge is -2.32. The molecule has 1 atom stereocenters. The first-order chi connectivity index (χ1) is 12.0. The minimum absolute atomic E-state index is 0. The van der Waals surface area contributed by atoms with Gasteiger partial charge in [0.15, 0.2) is 0 Å². The summed E-state index contributed by atoms with van der Waals surface area (Å²) in [5, 5.41) is 3.14. The third kappa shape index (κ3) is 6.19. The molecular formula is C19H28Cl2FN5. The second-order valence-electron chi connectivity index (χ2n) is 6.73. The lowest BCUT2D eigenvalue weighted by Crippen LogP contribution is -2.43. The van der Waals surface area contributed by atoms with Crippen molar-refractivity contribution in [3.8, 4) is 0 Å². The number of halogens is 3. The van der Waals surface area contributed by atoms with Crippen molar-refractivity contribution in [2.24, 2.45) is 5.73 Å². The van der Waals surface area contributed by atoms with Crippen LogP contribution < -0.4 is 16.0 Å². The second kappa shape index (κ2) is 10.6. The fraction of sp³-hybridized carbons (Fsp3) is 0.474. The van der Waals surface area contributed by atoms with E-state index in [1.54, 1.807) is 13.0 Å². The van der Waals surface area contributed by atoms with Crippen LogP contribution in [0.4, 0.5) is 21.8 Å². The SMILES string of the molecule is CCCc1cc(N2CCCC(N)C2)nc(Nc2ccc(C)c(F)c2)n1.Cl.Cl. The summed E-state index contributed by atoms with van der Waals surface area (Å²) < 4.78 is 13.8. The maximum Gasteiger partial charge on any atom is 0.229 e. The zero-order valence-electron chi connectivity index (χ0n) is 15.7. The first-order valence-corrected chi connectivity index (χ1v) is 8.97. The van der Waals surface area contributed by atoms with Gasteiger partial charge in [-0.25, -0.2) is 9.37 Å². The third-order valence-electron chi connectivity index (χ3n) is 4.48. The molecule has 8 heteroatoms. The van der Waals surface area contributed by atoms with Crippen LogP contribution in [-0.2, 0) is 6.42 Å². The molecule has 3 N–H and O–H groups in total. The number of hydrogen-bond donors (Lipinski definition) is 2. The molecule has 1 aromatic carbocycles. The molecule has 2 aromatic rings. The van der Waals surface area contributed by atoms with Gasteiger partial charge in [0, 0.05) is 36.6 Å². The predicted octanol–water partition coefficient (Wildman–Crippen LogP) is 4.39. The zero-order chi connectivity index (χ0) is 17.8. The molecule has 1 unspecified atom stereocenters. The number of nitrogens with zero attached hydrogens (tertiary/aromatic N) is 3. The van der Waals surface area contributed by atoms with Crippen molar-refractivity contribution in [3.63, 3.8) is 0 Å². The van der Waals surface area contributed by atoms with Crippen LogP contribution in [0.5, 0.6) is 0 Å². The summed E-state index contributed by atoms with van der Waals surface area (Å²) in [6.07, 6.45) is 4.01. The van der Waals surface area contributed by atoms with E-state index < -0.39 is 0 Å². The number of hydrogen-bond acceptors (Lipinski definition) is 5. The van der Waals surface area contributed by atoms with Gasteiger partial charge in [-0.2, -0.15) is 4.98 Å². The van der Waals surface area contributed by atoms with E-state index in [-0.39, 0.29) is 36.7 Å². The molecule has 27 heavy (non-hydrogen) atoms. The minimum Gasteiger partial charge on any atom is -0.355 e. The van der Waals surface area contributed by atoms with Crippen molar-refractivity contribution in [3.05, 3.63) is 41.3 Å². The van der Waals surface area contributed by atoms with Crippen molar-refractivity contribution in [2.75, 3.05) is 23.3 Å². The average molecular weight is 416 g/mol. The normalized spacial score (nSPS) is 16.3. The molecule has 0 spiro atoms. The molecule has 0 amide bonds. The van der Waals surface area contributed by atoms with Crippen LogP contribution in [-0.4, -0.2) is 29.1 Å². The number of aromatic nitrogens is 2. The molecule has 1 aliphatic heterocycles.